The number of para-hydroxylation sites is 1. The zero-order valence-electron chi connectivity index (χ0n) is 16.1. The van der Waals surface area contributed by atoms with E-state index in [1.807, 2.05) is 31.2 Å². The van der Waals surface area contributed by atoms with E-state index in [9.17, 15) is 9.59 Å². The molecule has 29 heavy (non-hydrogen) atoms. The van der Waals surface area contributed by atoms with Crippen molar-refractivity contribution in [3.05, 3.63) is 58.5 Å². The van der Waals surface area contributed by atoms with E-state index in [2.05, 4.69) is 25.5 Å². The van der Waals surface area contributed by atoms with Gasteiger partial charge < -0.3 is 20.6 Å². The van der Waals surface area contributed by atoms with Crippen LogP contribution in [0.2, 0.25) is 0 Å². The highest BCUT2D eigenvalue weighted by Crippen LogP contribution is 2.22. The van der Waals surface area contributed by atoms with Crippen molar-refractivity contribution in [1.82, 2.24) is 30.0 Å². The van der Waals surface area contributed by atoms with Gasteiger partial charge in [0.15, 0.2) is 0 Å². The first kappa shape index (κ1) is 18.9. The summed E-state index contributed by atoms with van der Waals surface area (Å²) in [4.78, 5) is 32.0. The third kappa shape index (κ3) is 3.64. The lowest BCUT2D eigenvalue weighted by Crippen LogP contribution is -2.30. The number of carbonyl (C=O) groups is 1. The van der Waals surface area contributed by atoms with Crippen molar-refractivity contribution in [1.29, 1.82) is 0 Å². The third-order valence-electron chi connectivity index (χ3n) is 5.04. The summed E-state index contributed by atoms with van der Waals surface area (Å²) in [5.74, 6) is -0.140. The number of hydrogen-bond donors (Lipinski definition) is 4. The van der Waals surface area contributed by atoms with Crippen molar-refractivity contribution < 1.29 is 4.79 Å². The molecule has 0 saturated carbocycles. The van der Waals surface area contributed by atoms with Gasteiger partial charge in [0.1, 0.15) is 5.52 Å². The number of imidazole rings is 1. The third-order valence-corrected chi connectivity index (χ3v) is 5.04. The number of benzene rings is 1. The molecule has 0 fully saturated rings. The van der Waals surface area contributed by atoms with E-state index in [1.54, 1.807) is 10.8 Å². The van der Waals surface area contributed by atoms with Gasteiger partial charge in [0.25, 0.3) is 5.56 Å². The van der Waals surface area contributed by atoms with Crippen LogP contribution in [0.15, 0.2) is 41.6 Å². The molecule has 0 aliphatic heterocycles. The number of amides is 1. The molecule has 0 spiro atoms. The summed E-state index contributed by atoms with van der Waals surface area (Å²) in [6.45, 7) is 2.79. The SMILES string of the molecule is Cc1[nH]nc2c1c(=O)n(CCCNC(=O)CC(N)c1c[nH]cn1)c1ccccc21. The molecule has 1 aromatic carbocycles. The monoisotopic (exact) mass is 393 g/mol. The topological polar surface area (TPSA) is 134 Å². The Kier molecular flexibility index (Phi) is 5.13. The molecule has 4 aromatic rings. The maximum absolute atomic E-state index is 13.0. The van der Waals surface area contributed by atoms with Gasteiger partial charge in [-0.05, 0) is 19.4 Å². The maximum Gasteiger partial charge on any atom is 0.262 e. The van der Waals surface area contributed by atoms with Crippen LogP contribution in [0.25, 0.3) is 21.8 Å². The molecule has 9 heteroatoms. The Morgan fingerprint density at radius 3 is 2.97 bits per heavy atom. The van der Waals surface area contributed by atoms with Gasteiger partial charge in [-0.3, -0.25) is 14.7 Å². The molecule has 1 unspecified atom stereocenters. The quantitative estimate of drug-likeness (QED) is 0.353. The van der Waals surface area contributed by atoms with Crippen LogP contribution in [0.5, 0.6) is 0 Å². The summed E-state index contributed by atoms with van der Waals surface area (Å²) in [5, 5.41) is 11.6. The molecule has 3 aromatic heterocycles. The van der Waals surface area contributed by atoms with Crippen molar-refractivity contribution in [2.75, 3.05) is 6.54 Å². The fraction of sp³-hybridized carbons (Fsp3) is 0.300. The summed E-state index contributed by atoms with van der Waals surface area (Å²) in [5.41, 5.74) is 8.84. The number of rotatable bonds is 7. The maximum atomic E-state index is 13.0. The second-order valence-electron chi connectivity index (χ2n) is 7.05. The van der Waals surface area contributed by atoms with Gasteiger partial charge >= 0.3 is 0 Å². The Morgan fingerprint density at radius 1 is 1.34 bits per heavy atom. The van der Waals surface area contributed by atoms with E-state index < -0.39 is 6.04 Å². The lowest BCUT2D eigenvalue weighted by molar-refractivity contribution is -0.121. The minimum absolute atomic E-state index is 0.0724. The van der Waals surface area contributed by atoms with E-state index >= 15 is 0 Å². The number of aromatic amines is 2. The van der Waals surface area contributed by atoms with Crippen LogP contribution in [0.4, 0.5) is 0 Å². The van der Waals surface area contributed by atoms with Crippen molar-refractivity contribution in [3.63, 3.8) is 0 Å². The van der Waals surface area contributed by atoms with Crippen LogP contribution >= 0.6 is 0 Å². The highest BCUT2D eigenvalue weighted by Gasteiger charge is 2.15. The summed E-state index contributed by atoms with van der Waals surface area (Å²) >= 11 is 0. The number of carbonyl (C=O) groups excluding carboxylic acids is 1. The number of aryl methyl sites for hydroxylation is 2. The molecule has 150 valence electrons. The normalized spacial score (nSPS) is 12.5. The van der Waals surface area contributed by atoms with Gasteiger partial charge in [0, 0.05) is 36.8 Å². The fourth-order valence-corrected chi connectivity index (χ4v) is 3.58. The molecule has 1 amide bonds. The van der Waals surface area contributed by atoms with Crippen LogP contribution < -0.4 is 16.6 Å². The van der Waals surface area contributed by atoms with Gasteiger partial charge in [-0.2, -0.15) is 5.10 Å². The smallest absolute Gasteiger partial charge is 0.262 e. The largest absolute Gasteiger partial charge is 0.356 e. The Balaban J connectivity index is 1.44. The minimum atomic E-state index is -0.445. The van der Waals surface area contributed by atoms with Crippen LogP contribution in [0.1, 0.15) is 30.3 Å². The van der Waals surface area contributed by atoms with Gasteiger partial charge in [0.05, 0.1) is 29.0 Å². The predicted octanol–water partition coefficient (Wildman–Crippen LogP) is 1.51. The summed E-state index contributed by atoms with van der Waals surface area (Å²) < 4.78 is 1.75. The van der Waals surface area contributed by atoms with Gasteiger partial charge in [0.2, 0.25) is 5.91 Å². The van der Waals surface area contributed by atoms with Gasteiger partial charge in [-0.25, -0.2) is 4.98 Å². The van der Waals surface area contributed by atoms with Gasteiger partial charge in [-0.1, -0.05) is 18.2 Å². The second-order valence-corrected chi connectivity index (χ2v) is 7.05. The van der Waals surface area contributed by atoms with Crippen molar-refractivity contribution in [2.24, 2.45) is 5.73 Å². The molecule has 4 rings (SSSR count). The number of H-pyrrole nitrogens is 2. The average molecular weight is 393 g/mol. The first-order chi connectivity index (χ1) is 14.1. The number of fused-ring (bicyclic) bond motifs is 3. The van der Waals surface area contributed by atoms with Crippen molar-refractivity contribution >= 4 is 27.7 Å². The highest BCUT2D eigenvalue weighted by molar-refractivity contribution is 6.03. The Hall–Kier alpha value is -3.46. The Labute approximate surface area is 166 Å². The number of nitrogens with zero attached hydrogens (tertiary/aromatic N) is 3. The lowest BCUT2D eigenvalue weighted by Gasteiger charge is -2.12. The Morgan fingerprint density at radius 2 is 2.17 bits per heavy atom. The molecule has 0 saturated heterocycles. The molecule has 0 aliphatic carbocycles. The zero-order valence-corrected chi connectivity index (χ0v) is 16.1. The molecule has 0 aliphatic rings. The molecule has 0 radical (unpaired) electrons. The van der Waals surface area contributed by atoms with Crippen LogP contribution in [0, 0.1) is 6.92 Å². The van der Waals surface area contributed by atoms with E-state index in [0.717, 1.165) is 16.6 Å². The van der Waals surface area contributed by atoms with Gasteiger partial charge in [-0.15, -0.1) is 0 Å². The number of aromatic nitrogens is 5. The lowest BCUT2D eigenvalue weighted by atomic mass is 10.1. The molecule has 0 bridgehead atoms. The van der Waals surface area contributed by atoms with Crippen molar-refractivity contribution in [2.45, 2.75) is 32.4 Å². The Bertz CT molecular complexity index is 1210. The molecular formula is C20H23N7O2. The molecule has 3 heterocycles. The van der Waals surface area contributed by atoms with Crippen molar-refractivity contribution in [3.8, 4) is 0 Å². The number of nitrogens with two attached hydrogens (primary N) is 1. The zero-order chi connectivity index (χ0) is 20.4. The molecule has 5 N–H and O–H groups in total. The molecular weight excluding hydrogens is 370 g/mol. The first-order valence-corrected chi connectivity index (χ1v) is 9.53. The summed E-state index contributed by atoms with van der Waals surface area (Å²) in [6, 6.07) is 7.28. The first-order valence-electron chi connectivity index (χ1n) is 9.53. The summed E-state index contributed by atoms with van der Waals surface area (Å²) in [6.07, 6.45) is 4.00. The van der Waals surface area contributed by atoms with E-state index in [4.69, 9.17) is 5.73 Å². The molecule has 1 atom stereocenters. The van der Waals surface area contributed by atoms with Crippen LogP contribution in [-0.4, -0.2) is 37.2 Å². The number of nitrogens with one attached hydrogen (secondary N) is 3. The van der Waals surface area contributed by atoms with Crippen LogP contribution in [0.3, 0.4) is 0 Å². The highest BCUT2D eigenvalue weighted by atomic mass is 16.1. The second kappa shape index (κ2) is 7.88. The fourth-order valence-electron chi connectivity index (χ4n) is 3.58. The number of hydrogen-bond acceptors (Lipinski definition) is 5. The standard InChI is InChI=1S/C20H23N7O2/c1-12-18-19(26-25-12)13-5-2-3-6-16(13)27(20(18)29)8-4-7-23-17(28)9-14(21)15-10-22-11-24-15/h2-3,5-6,10-11,14H,4,7-9,21H2,1H3,(H,22,24)(H,23,28)(H,25,26). The minimum Gasteiger partial charge on any atom is -0.356 e. The van der Waals surface area contributed by atoms with E-state index in [0.29, 0.717) is 36.1 Å². The van der Waals surface area contributed by atoms with E-state index in [-0.39, 0.29) is 17.9 Å². The molecule has 9 nitrogen and oxygen atoms in total. The number of pyridine rings is 1. The average Bonchev–Trinajstić information content (AvgIpc) is 3.37. The van der Waals surface area contributed by atoms with Crippen LogP contribution in [-0.2, 0) is 11.3 Å². The van der Waals surface area contributed by atoms with E-state index in [1.165, 1.54) is 6.33 Å². The summed E-state index contributed by atoms with van der Waals surface area (Å²) in [7, 11) is 0. The predicted molar refractivity (Wildman–Crippen MR) is 110 cm³/mol.